The van der Waals surface area contributed by atoms with Crippen LogP contribution in [0, 0.1) is 5.41 Å². The molecule has 2 aromatic rings. The van der Waals surface area contributed by atoms with E-state index in [1.165, 1.54) is 0 Å². The maximum absolute atomic E-state index is 6.25. The number of benzene rings is 1. The third-order valence-corrected chi connectivity index (χ3v) is 4.55. The number of nitrogens with two attached hydrogens (primary N) is 1. The minimum absolute atomic E-state index is 0.0586. The molecule has 104 valence electrons. The third kappa shape index (κ3) is 2.69. The molecule has 0 amide bonds. The first kappa shape index (κ1) is 14.9. The number of methoxy groups -OCH3 is 1. The van der Waals surface area contributed by atoms with Crippen molar-refractivity contribution in [1.82, 2.24) is 0 Å². The second-order valence-electron chi connectivity index (χ2n) is 5.61. The summed E-state index contributed by atoms with van der Waals surface area (Å²) in [6, 6.07) is 3.69. The van der Waals surface area contributed by atoms with Gasteiger partial charge in [0, 0.05) is 5.39 Å². The van der Waals surface area contributed by atoms with Gasteiger partial charge in [-0.15, -0.1) is 0 Å². The molecule has 0 aliphatic heterocycles. The molecule has 0 aliphatic rings. The van der Waals surface area contributed by atoms with Crippen molar-refractivity contribution in [2.24, 2.45) is 11.1 Å². The molecule has 2 rings (SSSR count). The van der Waals surface area contributed by atoms with Gasteiger partial charge >= 0.3 is 0 Å². The minimum atomic E-state index is -0.162. The van der Waals surface area contributed by atoms with E-state index in [0.717, 1.165) is 31.4 Å². The molecule has 2 N–H and O–H groups in total. The fourth-order valence-electron chi connectivity index (χ4n) is 1.86. The normalized spacial score (nSPS) is 13.8. The summed E-state index contributed by atoms with van der Waals surface area (Å²) in [6.45, 7) is 6.28. The fraction of sp³-hybridized carbons (Fsp3) is 0.429. The first-order valence-electron chi connectivity index (χ1n) is 5.96. The summed E-state index contributed by atoms with van der Waals surface area (Å²) in [5.41, 5.74) is 6.97. The van der Waals surface area contributed by atoms with Crippen LogP contribution in [-0.4, -0.2) is 7.11 Å². The van der Waals surface area contributed by atoms with Crippen LogP contribution in [0.15, 0.2) is 25.5 Å². The van der Waals surface area contributed by atoms with Crippen LogP contribution < -0.4 is 10.5 Å². The lowest BCUT2D eigenvalue weighted by Gasteiger charge is -2.24. The van der Waals surface area contributed by atoms with Gasteiger partial charge in [0.05, 0.1) is 22.1 Å². The van der Waals surface area contributed by atoms with Gasteiger partial charge in [0.1, 0.15) is 17.1 Å². The maximum Gasteiger partial charge on any atom is 0.149 e. The summed E-state index contributed by atoms with van der Waals surface area (Å²) in [5, 5.41) is 0.959. The van der Waals surface area contributed by atoms with E-state index >= 15 is 0 Å². The van der Waals surface area contributed by atoms with Gasteiger partial charge in [-0.1, -0.05) is 20.8 Å². The highest BCUT2D eigenvalue weighted by atomic mass is 79.9. The zero-order valence-corrected chi connectivity index (χ0v) is 14.6. The average Bonchev–Trinajstić information content (AvgIpc) is 2.77. The first-order valence-corrected chi connectivity index (χ1v) is 7.55. The van der Waals surface area contributed by atoms with Gasteiger partial charge in [0.2, 0.25) is 0 Å². The van der Waals surface area contributed by atoms with E-state index in [-0.39, 0.29) is 11.5 Å². The highest BCUT2D eigenvalue weighted by Crippen LogP contribution is 2.42. The smallest absolute Gasteiger partial charge is 0.149 e. The Kier molecular flexibility index (Phi) is 4.00. The number of furan rings is 1. The van der Waals surface area contributed by atoms with E-state index in [1.807, 2.05) is 12.1 Å². The summed E-state index contributed by atoms with van der Waals surface area (Å²) >= 11 is 7.04. The molecule has 1 heterocycles. The highest BCUT2D eigenvalue weighted by molar-refractivity contribution is 9.11. The predicted octanol–water partition coefficient (Wildman–Crippen LogP) is 5.01. The maximum atomic E-state index is 6.25. The molecular weight excluding hydrogens is 374 g/mol. The van der Waals surface area contributed by atoms with Crippen LogP contribution >= 0.6 is 31.9 Å². The molecule has 0 fully saturated rings. The fourth-order valence-corrected chi connectivity index (χ4v) is 2.93. The van der Waals surface area contributed by atoms with Gasteiger partial charge < -0.3 is 14.9 Å². The lowest BCUT2D eigenvalue weighted by Crippen LogP contribution is -2.25. The SMILES string of the molecule is COc1cc(Br)c2oc(C(N)C(C)(C)C)cc2c1Br. The van der Waals surface area contributed by atoms with Crippen molar-refractivity contribution in [2.45, 2.75) is 26.8 Å². The van der Waals surface area contributed by atoms with Crippen molar-refractivity contribution < 1.29 is 9.15 Å². The Morgan fingerprint density at radius 3 is 2.42 bits per heavy atom. The van der Waals surface area contributed by atoms with E-state index in [4.69, 9.17) is 14.9 Å². The van der Waals surface area contributed by atoms with E-state index in [0.29, 0.717) is 0 Å². The zero-order chi connectivity index (χ0) is 14.4. The summed E-state index contributed by atoms with van der Waals surface area (Å²) < 4.78 is 13.0. The Morgan fingerprint density at radius 2 is 1.89 bits per heavy atom. The largest absolute Gasteiger partial charge is 0.496 e. The molecule has 0 saturated heterocycles. The molecule has 0 bridgehead atoms. The van der Waals surface area contributed by atoms with E-state index < -0.39 is 0 Å². The lowest BCUT2D eigenvalue weighted by atomic mass is 9.86. The Balaban J connectivity index is 2.64. The molecule has 19 heavy (non-hydrogen) atoms. The second kappa shape index (κ2) is 5.11. The molecule has 0 radical (unpaired) electrons. The van der Waals surface area contributed by atoms with Gasteiger partial charge in [-0.05, 0) is 49.4 Å². The first-order chi connectivity index (χ1) is 8.75. The number of rotatable bonds is 2. The molecule has 1 aromatic heterocycles. The Bertz CT molecular complexity index is 614. The van der Waals surface area contributed by atoms with Gasteiger partial charge in [-0.3, -0.25) is 0 Å². The van der Waals surface area contributed by atoms with Gasteiger partial charge in [-0.25, -0.2) is 0 Å². The van der Waals surface area contributed by atoms with Crippen LogP contribution in [0.1, 0.15) is 32.6 Å². The Hall–Kier alpha value is -0.520. The monoisotopic (exact) mass is 389 g/mol. The van der Waals surface area contributed by atoms with Crippen LogP contribution in [0.2, 0.25) is 0 Å². The Morgan fingerprint density at radius 1 is 1.26 bits per heavy atom. The van der Waals surface area contributed by atoms with E-state index in [9.17, 15) is 0 Å². The molecule has 1 unspecified atom stereocenters. The lowest BCUT2D eigenvalue weighted by molar-refractivity contribution is 0.290. The van der Waals surface area contributed by atoms with Crippen molar-refractivity contribution in [3.63, 3.8) is 0 Å². The summed E-state index contributed by atoms with van der Waals surface area (Å²) in [5.74, 6) is 1.54. The van der Waals surface area contributed by atoms with Crippen molar-refractivity contribution in [1.29, 1.82) is 0 Å². The number of ether oxygens (including phenoxy) is 1. The van der Waals surface area contributed by atoms with Crippen molar-refractivity contribution in [3.05, 3.63) is 26.8 Å². The van der Waals surface area contributed by atoms with Crippen LogP contribution in [0.3, 0.4) is 0 Å². The molecule has 0 aliphatic carbocycles. The summed E-state index contributed by atoms with van der Waals surface area (Å²) in [7, 11) is 1.64. The number of hydrogen-bond donors (Lipinski definition) is 1. The molecular formula is C14H17Br2NO2. The van der Waals surface area contributed by atoms with Crippen LogP contribution in [0.4, 0.5) is 0 Å². The summed E-state index contributed by atoms with van der Waals surface area (Å²) in [4.78, 5) is 0. The molecule has 5 heteroatoms. The topological polar surface area (TPSA) is 48.4 Å². The van der Waals surface area contributed by atoms with E-state index in [2.05, 4.69) is 52.6 Å². The predicted molar refractivity (Wildman–Crippen MR) is 84.5 cm³/mol. The highest BCUT2D eigenvalue weighted by Gasteiger charge is 2.26. The minimum Gasteiger partial charge on any atom is -0.496 e. The van der Waals surface area contributed by atoms with Gasteiger partial charge in [0.15, 0.2) is 0 Å². The van der Waals surface area contributed by atoms with Gasteiger partial charge in [0.25, 0.3) is 0 Å². The standard InChI is InChI=1S/C14H17Br2NO2/c1-14(2,3)13(17)10-5-7-11(16)9(18-4)6-8(15)12(7)19-10/h5-6,13H,17H2,1-4H3. The number of hydrogen-bond acceptors (Lipinski definition) is 3. The average molecular weight is 391 g/mol. The number of halogens is 2. The summed E-state index contributed by atoms with van der Waals surface area (Å²) in [6.07, 6.45) is 0. The van der Waals surface area contributed by atoms with Gasteiger partial charge in [-0.2, -0.15) is 0 Å². The molecule has 0 spiro atoms. The van der Waals surface area contributed by atoms with Crippen molar-refractivity contribution in [2.75, 3.05) is 7.11 Å². The van der Waals surface area contributed by atoms with E-state index in [1.54, 1.807) is 7.11 Å². The van der Waals surface area contributed by atoms with Crippen LogP contribution in [0.5, 0.6) is 5.75 Å². The molecule has 0 saturated carbocycles. The second-order valence-corrected chi connectivity index (χ2v) is 7.26. The quantitative estimate of drug-likeness (QED) is 0.783. The van der Waals surface area contributed by atoms with Crippen molar-refractivity contribution in [3.8, 4) is 5.75 Å². The van der Waals surface area contributed by atoms with Crippen molar-refractivity contribution >= 4 is 42.8 Å². The number of fused-ring (bicyclic) bond motifs is 1. The zero-order valence-electron chi connectivity index (χ0n) is 11.4. The molecule has 1 atom stereocenters. The molecule has 1 aromatic carbocycles. The molecule has 3 nitrogen and oxygen atoms in total. The Labute approximate surface area is 129 Å². The van der Waals surface area contributed by atoms with Crippen LogP contribution in [0.25, 0.3) is 11.0 Å². The van der Waals surface area contributed by atoms with Crippen LogP contribution in [-0.2, 0) is 0 Å². The third-order valence-electron chi connectivity index (χ3n) is 3.14.